The molecule has 1 unspecified atom stereocenters. The van der Waals surface area contributed by atoms with Crippen molar-refractivity contribution in [2.24, 2.45) is 5.92 Å². The van der Waals surface area contributed by atoms with Gasteiger partial charge >= 0.3 is 5.97 Å². The van der Waals surface area contributed by atoms with E-state index in [1.54, 1.807) is 7.05 Å². The zero-order valence-electron chi connectivity index (χ0n) is 21.1. The first-order valence-corrected chi connectivity index (χ1v) is 11.6. The summed E-state index contributed by atoms with van der Waals surface area (Å²) in [5.41, 5.74) is 0.194. The van der Waals surface area contributed by atoms with Crippen LogP contribution in [0.4, 0.5) is 0 Å². The van der Waals surface area contributed by atoms with Crippen molar-refractivity contribution in [2.75, 3.05) is 26.7 Å². The maximum absolute atomic E-state index is 11.6. The number of piperidine rings is 1. The van der Waals surface area contributed by atoms with Gasteiger partial charge in [0.05, 0.1) is 12.6 Å². The predicted octanol–water partition coefficient (Wildman–Crippen LogP) is 3.93. The van der Waals surface area contributed by atoms with Crippen LogP contribution in [0, 0.1) is 5.92 Å². The van der Waals surface area contributed by atoms with Gasteiger partial charge in [0.2, 0.25) is 12.3 Å². The van der Waals surface area contributed by atoms with Crippen LogP contribution in [0.2, 0.25) is 0 Å². The van der Waals surface area contributed by atoms with E-state index in [0.717, 1.165) is 12.0 Å². The summed E-state index contributed by atoms with van der Waals surface area (Å²) in [5, 5.41) is 11.0. The van der Waals surface area contributed by atoms with Crippen LogP contribution in [-0.2, 0) is 14.4 Å². The van der Waals surface area contributed by atoms with Crippen LogP contribution in [0.5, 0.6) is 0 Å². The second-order valence-corrected chi connectivity index (χ2v) is 8.72. The zero-order valence-corrected chi connectivity index (χ0v) is 21.1. The molecule has 0 aliphatic carbocycles. The van der Waals surface area contributed by atoms with Crippen molar-refractivity contribution in [1.82, 2.24) is 15.1 Å². The van der Waals surface area contributed by atoms with E-state index in [0.29, 0.717) is 12.8 Å². The van der Waals surface area contributed by atoms with Crippen LogP contribution < -0.4 is 5.32 Å². The molecule has 182 valence electrons. The lowest BCUT2D eigenvalue weighted by molar-refractivity contribution is -0.133. The number of carboxylic acid groups (broad SMARTS) is 1. The Balaban J connectivity index is 0. The number of hydrogen-bond donors (Lipinski definition) is 2. The summed E-state index contributed by atoms with van der Waals surface area (Å²) in [6, 6.07) is 0.535. The molecule has 2 amide bonds. The number of nitrogens with one attached hydrogen (secondary N) is 1. The zero-order chi connectivity index (χ0) is 24.4. The Morgan fingerprint density at radius 3 is 1.97 bits per heavy atom. The Labute approximate surface area is 190 Å². The van der Waals surface area contributed by atoms with Gasteiger partial charge < -0.3 is 20.2 Å². The highest BCUT2D eigenvalue weighted by atomic mass is 16.4. The number of aliphatic carboxylic acids is 1. The summed E-state index contributed by atoms with van der Waals surface area (Å²) in [4.78, 5) is 36.4. The molecule has 2 N–H and O–H groups in total. The van der Waals surface area contributed by atoms with E-state index in [9.17, 15) is 14.4 Å². The average Bonchev–Trinajstić information content (AvgIpc) is 2.75. The number of rotatable bonds is 9. The van der Waals surface area contributed by atoms with Gasteiger partial charge in [-0.1, -0.05) is 47.1 Å². The van der Waals surface area contributed by atoms with Crippen LogP contribution in [-0.4, -0.2) is 72.0 Å². The van der Waals surface area contributed by atoms with Crippen molar-refractivity contribution < 1.29 is 19.5 Å². The monoisotopic (exact) mass is 441 g/mol. The van der Waals surface area contributed by atoms with Gasteiger partial charge in [-0.25, -0.2) is 4.79 Å². The molecule has 0 aromatic carbocycles. The van der Waals surface area contributed by atoms with Gasteiger partial charge in [0.25, 0.3) is 0 Å². The summed E-state index contributed by atoms with van der Waals surface area (Å²) in [5.74, 6) is -0.436. The fourth-order valence-electron chi connectivity index (χ4n) is 2.92. The Kier molecular flexibility index (Phi) is 19.0. The molecule has 1 aliphatic heterocycles. The fourth-order valence-corrected chi connectivity index (χ4v) is 2.92. The van der Waals surface area contributed by atoms with Crippen molar-refractivity contribution in [2.45, 2.75) is 92.7 Å². The number of carbonyl (C=O) groups is 3. The largest absolute Gasteiger partial charge is 0.478 e. The van der Waals surface area contributed by atoms with E-state index in [-0.39, 0.29) is 24.1 Å². The minimum absolute atomic E-state index is 0.0868. The molecule has 7 heteroatoms. The number of carboxylic acids is 1. The quantitative estimate of drug-likeness (QED) is 0.418. The number of amides is 2. The molecule has 0 spiro atoms. The molecular weight excluding hydrogens is 394 g/mol. The Morgan fingerprint density at radius 1 is 1.06 bits per heavy atom. The van der Waals surface area contributed by atoms with E-state index < -0.39 is 5.97 Å². The summed E-state index contributed by atoms with van der Waals surface area (Å²) >= 11 is 0. The molecule has 0 bridgehead atoms. The van der Waals surface area contributed by atoms with Crippen molar-refractivity contribution in [3.8, 4) is 0 Å². The smallest absolute Gasteiger partial charge is 0.331 e. The van der Waals surface area contributed by atoms with Gasteiger partial charge in [-0.2, -0.15) is 0 Å². The normalized spacial score (nSPS) is 16.1. The molecule has 7 nitrogen and oxygen atoms in total. The molecule has 2 atom stereocenters. The Hall–Kier alpha value is -1.89. The van der Waals surface area contributed by atoms with E-state index in [4.69, 9.17) is 5.11 Å². The highest BCUT2D eigenvalue weighted by Crippen LogP contribution is 2.13. The molecular formula is C24H47N3O4. The highest BCUT2D eigenvalue weighted by molar-refractivity contribution is 5.86. The summed E-state index contributed by atoms with van der Waals surface area (Å²) in [6.45, 7) is 17.0. The van der Waals surface area contributed by atoms with Gasteiger partial charge in [-0.05, 0) is 58.5 Å². The number of likely N-dealkylation sites (tertiary alicyclic amines) is 1. The fraction of sp³-hybridized carbons (Fsp3) is 0.792. The van der Waals surface area contributed by atoms with Crippen molar-refractivity contribution in [3.63, 3.8) is 0 Å². The summed E-state index contributed by atoms with van der Waals surface area (Å²) in [6.07, 6.45) is 8.18. The van der Waals surface area contributed by atoms with Crippen LogP contribution in [0.25, 0.3) is 0 Å². The molecule has 1 aliphatic rings. The number of likely N-dealkylation sites (N-methyl/N-ethyl adjacent to an activating group) is 1. The Morgan fingerprint density at radius 2 is 1.58 bits per heavy atom. The summed E-state index contributed by atoms with van der Waals surface area (Å²) < 4.78 is 0. The average molecular weight is 442 g/mol. The van der Waals surface area contributed by atoms with E-state index in [1.165, 1.54) is 56.7 Å². The molecule has 0 radical (unpaired) electrons. The van der Waals surface area contributed by atoms with Crippen LogP contribution in [0.1, 0.15) is 80.6 Å². The predicted molar refractivity (Wildman–Crippen MR) is 128 cm³/mol. The van der Waals surface area contributed by atoms with Gasteiger partial charge in [-0.3, -0.25) is 9.59 Å². The second kappa shape index (κ2) is 18.8. The number of hydrogen-bond acceptors (Lipinski definition) is 4. The van der Waals surface area contributed by atoms with Crippen molar-refractivity contribution >= 4 is 18.3 Å². The third-order valence-electron chi connectivity index (χ3n) is 5.03. The van der Waals surface area contributed by atoms with E-state index in [1.807, 2.05) is 6.92 Å². The number of carbonyl (C=O) groups excluding carboxylic acids is 2. The first kappa shape index (κ1) is 31.3. The lowest BCUT2D eigenvalue weighted by Crippen LogP contribution is -2.41. The molecule has 1 saturated heterocycles. The van der Waals surface area contributed by atoms with E-state index >= 15 is 0 Å². The second-order valence-electron chi connectivity index (χ2n) is 8.72. The maximum Gasteiger partial charge on any atom is 0.331 e. The molecule has 0 aromatic heterocycles. The minimum Gasteiger partial charge on any atom is -0.478 e. The SMILES string of the molecule is CC(C)C.CCC(C)N1CCCCC1.CC[C@@H](/C=C(\C)C(=O)O)N(C)C(=O)CNC=O. The maximum atomic E-state index is 11.6. The third kappa shape index (κ3) is 16.5. The van der Waals surface area contributed by atoms with Gasteiger partial charge in [0.1, 0.15) is 0 Å². The van der Waals surface area contributed by atoms with Crippen molar-refractivity contribution in [1.29, 1.82) is 0 Å². The third-order valence-corrected chi connectivity index (χ3v) is 5.03. The topological polar surface area (TPSA) is 90.0 Å². The highest BCUT2D eigenvalue weighted by Gasteiger charge is 2.17. The summed E-state index contributed by atoms with van der Waals surface area (Å²) in [7, 11) is 1.58. The first-order valence-electron chi connectivity index (χ1n) is 11.6. The lowest BCUT2D eigenvalue weighted by atomic mass is 10.1. The number of nitrogens with zero attached hydrogens (tertiary/aromatic N) is 2. The standard InChI is InChI=1S/C11H18N2O4.C9H19N.C4H10/c1-4-9(5-8(2)11(16)17)13(3)10(15)6-12-7-14;1-3-9(2)10-7-5-4-6-8-10;1-4(2)3/h5,7,9H,4,6H2,1-3H3,(H,12,14)(H,16,17);9H,3-8H2,1-2H3;4H,1-3H3/b8-5+;;/t9-;;/m0../s1. The van der Waals surface area contributed by atoms with Crippen LogP contribution in [0.15, 0.2) is 11.6 Å². The van der Waals surface area contributed by atoms with E-state index in [2.05, 4.69) is 44.8 Å². The molecule has 1 rings (SSSR count). The molecule has 0 aromatic rings. The van der Waals surface area contributed by atoms with Crippen LogP contribution in [0.3, 0.4) is 0 Å². The molecule has 31 heavy (non-hydrogen) atoms. The van der Waals surface area contributed by atoms with Gasteiger partial charge in [0, 0.05) is 18.7 Å². The van der Waals surface area contributed by atoms with Gasteiger partial charge in [0.15, 0.2) is 0 Å². The molecule has 0 saturated carbocycles. The Bertz CT molecular complexity index is 526. The molecule has 1 heterocycles. The first-order chi connectivity index (χ1) is 14.5. The van der Waals surface area contributed by atoms with Crippen molar-refractivity contribution in [3.05, 3.63) is 11.6 Å². The minimum atomic E-state index is -1.00. The van der Waals surface area contributed by atoms with Gasteiger partial charge in [-0.15, -0.1) is 0 Å². The molecule has 1 fully saturated rings. The van der Waals surface area contributed by atoms with Crippen LogP contribution >= 0.6 is 0 Å². The lowest BCUT2D eigenvalue weighted by Gasteiger charge is -2.31.